The summed E-state index contributed by atoms with van der Waals surface area (Å²) in [5.74, 6) is 1.17. The van der Waals surface area contributed by atoms with Gasteiger partial charge in [0.25, 0.3) is 5.91 Å². The molecule has 0 saturated heterocycles. The van der Waals surface area contributed by atoms with Gasteiger partial charge in [0, 0.05) is 17.2 Å². The first-order chi connectivity index (χ1) is 8.99. The van der Waals surface area contributed by atoms with E-state index < -0.39 is 0 Å². The van der Waals surface area contributed by atoms with Crippen molar-refractivity contribution < 1.29 is 4.79 Å². The molecule has 1 aliphatic rings. The average molecular weight is 276 g/mol. The summed E-state index contributed by atoms with van der Waals surface area (Å²) in [5, 5.41) is 3.12. The third-order valence-corrected chi connectivity index (χ3v) is 4.43. The third-order valence-electron chi connectivity index (χ3n) is 4.19. The molecule has 1 aromatic rings. The van der Waals surface area contributed by atoms with Crippen molar-refractivity contribution in [2.45, 2.75) is 32.7 Å². The smallest absolute Gasteiger partial charge is 0.251 e. The second-order valence-corrected chi connectivity index (χ2v) is 5.88. The van der Waals surface area contributed by atoms with E-state index in [1.807, 2.05) is 12.1 Å². The van der Waals surface area contributed by atoms with Gasteiger partial charge in [0.2, 0.25) is 0 Å². The zero-order valence-electron chi connectivity index (χ0n) is 11.3. The Bertz CT molecular complexity index is 501. The van der Waals surface area contributed by atoms with E-state index in [2.05, 4.69) is 19.2 Å². The molecule has 1 aliphatic carbocycles. The number of nitrogens with one attached hydrogen (secondary N) is 1. The molecule has 2 rings (SSSR count). The number of carbonyl (C=O) groups excluding carboxylic acids is 1. The maximum atomic E-state index is 12.2. The molecule has 0 heterocycles. The Kier molecular flexibility index (Phi) is 4.20. The largest absolute Gasteiger partial charge is 0.389 e. The molecule has 3 unspecified atom stereocenters. The Morgan fingerprint density at radius 3 is 2.58 bits per heavy atom. The predicted molar refractivity (Wildman–Crippen MR) is 81.1 cm³/mol. The molecule has 0 radical (unpaired) electrons. The summed E-state index contributed by atoms with van der Waals surface area (Å²) in [4.78, 5) is 12.5. The first kappa shape index (κ1) is 14.0. The van der Waals surface area contributed by atoms with Crippen LogP contribution in [0.5, 0.6) is 0 Å². The minimum absolute atomic E-state index is 0.0379. The maximum absolute atomic E-state index is 12.2. The minimum atomic E-state index is -0.0379. The zero-order chi connectivity index (χ0) is 14.0. The van der Waals surface area contributed by atoms with Gasteiger partial charge in [-0.15, -0.1) is 0 Å². The van der Waals surface area contributed by atoms with Crippen molar-refractivity contribution in [1.82, 2.24) is 5.32 Å². The number of carbonyl (C=O) groups is 1. The summed E-state index contributed by atoms with van der Waals surface area (Å²) in [5.41, 5.74) is 6.94. The normalized spacial score (nSPS) is 26.1. The molecule has 19 heavy (non-hydrogen) atoms. The molecule has 1 aromatic carbocycles. The Morgan fingerprint density at radius 2 is 2.00 bits per heavy atom. The second-order valence-electron chi connectivity index (χ2n) is 5.44. The van der Waals surface area contributed by atoms with Gasteiger partial charge in [-0.2, -0.15) is 0 Å². The van der Waals surface area contributed by atoms with Crippen LogP contribution in [-0.2, 0) is 0 Å². The van der Waals surface area contributed by atoms with E-state index in [1.165, 1.54) is 6.42 Å². The Labute approximate surface area is 119 Å². The standard InChI is InChI=1S/C15H20N2OS/c1-9-6-7-13(10(9)2)17-15(18)12-5-3-4-11(8-12)14(16)19/h3-5,8-10,13H,6-7H2,1-2H3,(H2,16,19)(H,17,18). The molecule has 0 bridgehead atoms. The number of benzene rings is 1. The highest BCUT2D eigenvalue weighted by molar-refractivity contribution is 7.80. The van der Waals surface area contributed by atoms with Gasteiger partial charge in [-0.05, 0) is 36.8 Å². The molecule has 102 valence electrons. The van der Waals surface area contributed by atoms with Gasteiger partial charge >= 0.3 is 0 Å². The quantitative estimate of drug-likeness (QED) is 0.834. The molecule has 0 spiro atoms. The SMILES string of the molecule is CC1CCC(NC(=O)c2cccc(C(N)=S)c2)C1C. The predicted octanol–water partition coefficient (Wildman–Crippen LogP) is 2.49. The van der Waals surface area contributed by atoms with E-state index >= 15 is 0 Å². The lowest BCUT2D eigenvalue weighted by atomic mass is 9.97. The van der Waals surface area contributed by atoms with Crippen molar-refractivity contribution in [2.75, 3.05) is 0 Å². The molecule has 0 aromatic heterocycles. The first-order valence-electron chi connectivity index (χ1n) is 6.69. The summed E-state index contributed by atoms with van der Waals surface area (Å²) < 4.78 is 0. The fourth-order valence-electron chi connectivity index (χ4n) is 2.63. The third kappa shape index (κ3) is 3.13. The molecule has 3 nitrogen and oxygen atoms in total. The summed E-state index contributed by atoms with van der Waals surface area (Å²) in [7, 11) is 0. The fourth-order valence-corrected chi connectivity index (χ4v) is 2.76. The van der Waals surface area contributed by atoms with Crippen molar-refractivity contribution in [1.29, 1.82) is 0 Å². The van der Waals surface area contributed by atoms with Crippen molar-refractivity contribution in [3.05, 3.63) is 35.4 Å². The highest BCUT2D eigenvalue weighted by Crippen LogP contribution is 2.31. The molecule has 3 atom stereocenters. The van der Waals surface area contributed by atoms with Gasteiger partial charge in [-0.25, -0.2) is 0 Å². The molecular weight excluding hydrogens is 256 g/mol. The van der Waals surface area contributed by atoms with E-state index in [9.17, 15) is 4.79 Å². The summed E-state index contributed by atoms with van der Waals surface area (Å²) in [6.45, 7) is 4.44. The number of thiocarbonyl (C=S) groups is 1. The van der Waals surface area contributed by atoms with E-state index in [4.69, 9.17) is 18.0 Å². The van der Waals surface area contributed by atoms with Gasteiger partial charge in [0.1, 0.15) is 4.99 Å². The number of rotatable bonds is 3. The highest BCUT2D eigenvalue weighted by atomic mass is 32.1. The lowest BCUT2D eigenvalue weighted by Crippen LogP contribution is -2.37. The topological polar surface area (TPSA) is 55.1 Å². The van der Waals surface area contributed by atoms with Crippen molar-refractivity contribution in [3.63, 3.8) is 0 Å². The number of hydrogen-bond acceptors (Lipinski definition) is 2. The van der Waals surface area contributed by atoms with Crippen molar-refractivity contribution in [3.8, 4) is 0 Å². The Hall–Kier alpha value is -1.42. The molecular formula is C15H20N2OS. The number of hydrogen-bond donors (Lipinski definition) is 2. The van der Waals surface area contributed by atoms with Crippen LogP contribution in [0.4, 0.5) is 0 Å². The molecule has 3 N–H and O–H groups in total. The lowest BCUT2D eigenvalue weighted by Gasteiger charge is -2.19. The summed E-state index contributed by atoms with van der Waals surface area (Å²) >= 11 is 4.93. The van der Waals surface area contributed by atoms with Crippen LogP contribution >= 0.6 is 12.2 Å². The van der Waals surface area contributed by atoms with Gasteiger partial charge in [0.05, 0.1) is 0 Å². The second kappa shape index (κ2) is 5.70. The van der Waals surface area contributed by atoms with E-state index in [-0.39, 0.29) is 11.9 Å². The summed E-state index contributed by atoms with van der Waals surface area (Å²) in [6.07, 6.45) is 2.24. The van der Waals surface area contributed by atoms with E-state index in [1.54, 1.807) is 12.1 Å². The number of amides is 1. The van der Waals surface area contributed by atoms with Crippen LogP contribution in [0.1, 0.15) is 42.6 Å². The monoisotopic (exact) mass is 276 g/mol. The van der Waals surface area contributed by atoms with Crippen LogP contribution in [0.15, 0.2) is 24.3 Å². The summed E-state index contributed by atoms with van der Waals surface area (Å²) in [6, 6.07) is 7.45. The van der Waals surface area contributed by atoms with Crippen LogP contribution < -0.4 is 11.1 Å². The molecule has 1 saturated carbocycles. The van der Waals surface area contributed by atoms with Gasteiger partial charge in [-0.3, -0.25) is 4.79 Å². The fraction of sp³-hybridized carbons (Fsp3) is 0.467. The highest BCUT2D eigenvalue weighted by Gasteiger charge is 2.30. The first-order valence-corrected chi connectivity index (χ1v) is 7.10. The van der Waals surface area contributed by atoms with Gasteiger partial charge in [-0.1, -0.05) is 38.2 Å². The lowest BCUT2D eigenvalue weighted by molar-refractivity contribution is 0.0927. The average Bonchev–Trinajstić information content (AvgIpc) is 2.71. The Morgan fingerprint density at radius 1 is 1.32 bits per heavy atom. The van der Waals surface area contributed by atoms with Crippen LogP contribution in [0.25, 0.3) is 0 Å². The molecule has 4 heteroatoms. The van der Waals surface area contributed by atoms with Crippen molar-refractivity contribution in [2.24, 2.45) is 17.6 Å². The van der Waals surface area contributed by atoms with Crippen LogP contribution in [0.3, 0.4) is 0 Å². The molecule has 0 aliphatic heterocycles. The van der Waals surface area contributed by atoms with Gasteiger partial charge < -0.3 is 11.1 Å². The zero-order valence-corrected chi connectivity index (χ0v) is 12.2. The Balaban J connectivity index is 2.08. The van der Waals surface area contributed by atoms with E-state index in [0.29, 0.717) is 22.4 Å². The number of nitrogens with two attached hydrogens (primary N) is 1. The van der Waals surface area contributed by atoms with Crippen LogP contribution in [0, 0.1) is 11.8 Å². The van der Waals surface area contributed by atoms with Gasteiger partial charge in [0.15, 0.2) is 0 Å². The maximum Gasteiger partial charge on any atom is 0.251 e. The van der Waals surface area contributed by atoms with E-state index in [0.717, 1.165) is 12.0 Å². The van der Waals surface area contributed by atoms with Crippen molar-refractivity contribution >= 4 is 23.1 Å². The van der Waals surface area contributed by atoms with Crippen LogP contribution in [-0.4, -0.2) is 16.9 Å². The molecule has 1 amide bonds. The van der Waals surface area contributed by atoms with Crippen LogP contribution in [0.2, 0.25) is 0 Å². The minimum Gasteiger partial charge on any atom is -0.389 e. The molecule has 1 fully saturated rings.